The number of hydrogen-bond acceptors (Lipinski definition) is 1. The molecule has 1 heteroatoms. The van der Waals surface area contributed by atoms with E-state index in [-0.39, 0.29) is 0 Å². The first-order valence-electron chi connectivity index (χ1n) is 5.87. The topological polar surface area (TPSA) is 9.23 Å². The van der Waals surface area contributed by atoms with E-state index in [0.717, 1.165) is 25.0 Å². The molecule has 0 amide bonds. The van der Waals surface area contributed by atoms with Gasteiger partial charge in [-0.3, -0.25) is 0 Å². The predicted molar refractivity (Wildman–Crippen MR) is 61.3 cm³/mol. The fraction of sp³-hybridized carbons (Fsp3) is 1.00. The van der Waals surface area contributed by atoms with Crippen molar-refractivity contribution >= 4 is 0 Å². The van der Waals surface area contributed by atoms with E-state index >= 15 is 0 Å². The molecule has 0 spiro atoms. The summed E-state index contributed by atoms with van der Waals surface area (Å²) in [5, 5.41) is 0. The largest absolute Gasteiger partial charge is 0.381 e. The van der Waals surface area contributed by atoms with Crippen molar-refractivity contribution in [3.63, 3.8) is 0 Å². The van der Waals surface area contributed by atoms with Crippen molar-refractivity contribution in [2.75, 3.05) is 13.2 Å². The predicted octanol–water partition coefficient (Wildman–Crippen LogP) is 3.73. The highest BCUT2D eigenvalue weighted by atomic mass is 16.5. The van der Waals surface area contributed by atoms with Crippen LogP contribution in [0.15, 0.2) is 0 Å². The molecule has 0 aromatic rings. The standard InChI is InChI=1S/C13H26O/c1-10(2)11-7-8-14-9-13(11,6)12(3,4)5/h10-11H,7-9H2,1-6H3/t11?,13-/m0/s1. The first kappa shape index (κ1) is 12.0. The minimum Gasteiger partial charge on any atom is -0.381 e. The van der Waals surface area contributed by atoms with E-state index in [1.54, 1.807) is 0 Å². The van der Waals surface area contributed by atoms with Gasteiger partial charge in [-0.25, -0.2) is 0 Å². The zero-order chi connectivity index (χ0) is 11.0. The fourth-order valence-electron chi connectivity index (χ4n) is 2.76. The third-order valence-corrected chi connectivity index (χ3v) is 4.31. The minimum atomic E-state index is 0.333. The summed E-state index contributed by atoms with van der Waals surface area (Å²) in [4.78, 5) is 0. The lowest BCUT2D eigenvalue weighted by Gasteiger charge is -2.51. The van der Waals surface area contributed by atoms with Gasteiger partial charge in [-0.1, -0.05) is 41.5 Å². The Labute approximate surface area is 89.2 Å². The maximum atomic E-state index is 5.69. The molecule has 1 unspecified atom stereocenters. The molecule has 0 N–H and O–H groups in total. The van der Waals surface area contributed by atoms with Gasteiger partial charge in [-0.2, -0.15) is 0 Å². The van der Waals surface area contributed by atoms with E-state index in [2.05, 4.69) is 41.5 Å². The van der Waals surface area contributed by atoms with Crippen LogP contribution in [0.5, 0.6) is 0 Å². The third-order valence-electron chi connectivity index (χ3n) is 4.31. The van der Waals surface area contributed by atoms with Crippen molar-refractivity contribution in [3.8, 4) is 0 Å². The second-order valence-electron chi connectivity index (χ2n) is 6.36. The quantitative estimate of drug-likeness (QED) is 0.624. The van der Waals surface area contributed by atoms with E-state index in [4.69, 9.17) is 4.74 Å². The van der Waals surface area contributed by atoms with Crippen LogP contribution in [-0.4, -0.2) is 13.2 Å². The average molecular weight is 198 g/mol. The first-order valence-corrected chi connectivity index (χ1v) is 5.87. The van der Waals surface area contributed by atoms with Crippen LogP contribution >= 0.6 is 0 Å². The van der Waals surface area contributed by atoms with Gasteiger partial charge in [-0.15, -0.1) is 0 Å². The van der Waals surface area contributed by atoms with Crippen molar-refractivity contribution < 1.29 is 4.74 Å². The van der Waals surface area contributed by atoms with Crippen LogP contribution in [0.3, 0.4) is 0 Å². The molecule has 1 rings (SSSR count). The molecule has 0 aliphatic carbocycles. The van der Waals surface area contributed by atoms with E-state index < -0.39 is 0 Å². The smallest absolute Gasteiger partial charge is 0.0527 e. The van der Waals surface area contributed by atoms with Crippen LogP contribution in [0.25, 0.3) is 0 Å². The normalized spacial score (nSPS) is 34.9. The van der Waals surface area contributed by atoms with Gasteiger partial charge in [0.15, 0.2) is 0 Å². The molecular formula is C13H26O. The summed E-state index contributed by atoms with van der Waals surface area (Å²) in [5.74, 6) is 1.57. The third kappa shape index (κ3) is 1.98. The summed E-state index contributed by atoms with van der Waals surface area (Å²) in [7, 11) is 0. The minimum absolute atomic E-state index is 0.333. The van der Waals surface area contributed by atoms with E-state index in [1.165, 1.54) is 6.42 Å². The molecule has 1 heterocycles. The van der Waals surface area contributed by atoms with Crippen LogP contribution in [-0.2, 0) is 4.74 Å². The van der Waals surface area contributed by atoms with Crippen molar-refractivity contribution in [1.29, 1.82) is 0 Å². The Morgan fingerprint density at radius 2 is 1.86 bits per heavy atom. The van der Waals surface area contributed by atoms with Crippen molar-refractivity contribution in [1.82, 2.24) is 0 Å². The summed E-state index contributed by atoms with van der Waals surface area (Å²) < 4.78 is 5.69. The van der Waals surface area contributed by atoms with Gasteiger partial charge in [0.2, 0.25) is 0 Å². The SMILES string of the molecule is CC(C)C1CCOC[C@]1(C)C(C)(C)C. The monoisotopic (exact) mass is 198 g/mol. The first-order chi connectivity index (χ1) is 6.29. The molecule has 0 aromatic carbocycles. The average Bonchev–Trinajstić information content (AvgIpc) is 2.02. The van der Waals surface area contributed by atoms with Gasteiger partial charge in [0, 0.05) is 6.61 Å². The van der Waals surface area contributed by atoms with Crippen LogP contribution < -0.4 is 0 Å². The Morgan fingerprint density at radius 1 is 1.29 bits per heavy atom. The molecule has 1 saturated heterocycles. The Balaban J connectivity index is 2.91. The van der Waals surface area contributed by atoms with Crippen molar-refractivity contribution in [3.05, 3.63) is 0 Å². The lowest BCUT2D eigenvalue weighted by molar-refractivity contribution is -0.115. The highest BCUT2D eigenvalue weighted by Gasteiger charge is 2.46. The molecule has 0 bridgehead atoms. The Kier molecular flexibility index (Phi) is 3.30. The highest BCUT2D eigenvalue weighted by Crippen LogP contribution is 2.50. The maximum absolute atomic E-state index is 5.69. The molecule has 1 fully saturated rings. The van der Waals surface area contributed by atoms with Gasteiger partial charge in [0.1, 0.15) is 0 Å². The van der Waals surface area contributed by atoms with Gasteiger partial charge < -0.3 is 4.74 Å². The molecule has 1 aliphatic rings. The Morgan fingerprint density at radius 3 is 2.21 bits per heavy atom. The zero-order valence-electron chi connectivity index (χ0n) is 10.7. The van der Waals surface area contributed by atoms with Gasteiger partial charge in [0.05, 0.1) is 6.61 Å². The molecule has 0 aromatic heterocycles. The van der Waals surface area contributed by atoms with Crippen LogP contribution in [0, 0.1) is 22.7 Å². The molecule has 0 saturated carbocycles. The summed E-state index contributed by atoms with van der Waals surface area (Å²) in [6, 6.07) is 0. The fourth-order valence-corrected chi connectivity index (χ4v) is 2.76. The van der Waals surface area contributed by atoms with Gasteiger partial charge >= 0.3 is 0 Å². The van der Waals surface area contributed by atoms with Crippen LogP contribution in [0.1, 0.15) is 48.0 Å². The lowest BCUT2D eigenvalue weighted by Crippen LogP contribution is -2.48. The second-order valence-corrected chi connectivity index (χ2v) is 6.36. The summed E-state index contributed by atoms with van der Waals surface area (Å²) in [6.07, 6.45) is 1.23. The Hall–Kier alpha value is -0.0400. The number of ether oxygens (including phenoxy) is 1. The lowest BCUT2D eigenvalue weighted by atomic mass is 9.57. The van der Waals surface area contributed by atoms with E-state index in [1.807, 2.05) is 0 Å². The van der Waals surface area contributed by atoms with Crippen LogP contribution in [0.2, 0.25) is 0 Å². The maximum Gasteiger partial charge on any atom is 0.0527 e. The highest BCUT2D eigenvalue weighted by molar-refractivity contribution is 4.95. The van der Waals surface area contributed by atoms with E-state index in [9.17, 15) is 0 Å². The molecular weight excluding hydrogens is 172 g/mol. The second kappa shape index (κ2) is 3.84. The van der Waals surface area contributed by atoms with Gasteiger partial charge in [-0.05, 0) is 29.1 Å². The molecule has 1 nitrogen and oxygen atoms in total. The number of hydrogen-bond donors (Lipinski definition) is 0. The van der Waals surface area contributed by atoms with Crippen LogP contribution in [0.4, 0.5) is 0 Å². The van der Waals surface area contributed by atoms with Crippen molar-refractivity contribution in [2.45, 2.75) is 48.0 Å². The Bertz CT molecular complexity index is 190. The summed E-state index contributed by atoms with van der Waals surface area (Å²) in [6.45, 7) is 16.0. The van der Waals surface area contributed by atoms with E-state index in [0.29, 0.717) is 10.8 Å². The summed E-state index contributed by atoms with van der Waals surface area (Å²) in [5.41, 5.74) is 0.668. The number of rotatable bonds is 1. The summed E-state index contributed by atoms with van der Waals surface area (Å²) >= 11 is 0. The molecule has 1 aliphatic heterocycles. The molecule has 0 radical (unpaired) electrons. The zero-order valence-corrected chi connectivity index (χ0v) is 10.7. The van der Waals surface area contributed by atoms with Gasteiger partial charge in [0.25, 0.3) is 0 Å². The van der Waals surface area contributed by atoms with Crippen molar-refractivity contribution in [2.24, 2.45) is 22.7 Å². The molecule has 2 atom stereocenters. The molecule has 84 valence electrons. The molecule has 14 heavy (non-hydrogen) atoms.